The maximum absolute atomic E-state index is 8.48. The van der Waals surface area contributed by atoms with Crippen LogP contribution in [0.2, 0.25) is 19.6 Å². The minimum absolute atomic E-state index is 0. The second kappa shape index (κ2) is 18.2. The Bertz CT molecular complexity index is 3090. The van der Waals surface area contributed by atoms with E-state index in [4.69, 9.17) is 10.5 Å². The van der Waals surface area contributed by atoms with Crippen LogP contribution in [0.3, 0.4) is 0 Å². The van der Waals surface area contributed by atoms with Gasteiger partial charge in [0.1, 0.15) is 0 Å². The summed E-state index contributed by atoms with van der Waals surface area (Å²) in [6.45, 7) is 17.6. The van der Waals surface area contributed by atoms with Crippen molar-refractivity contribution in [1.29, 1.82) is 0 Å². The van der Waals surface area contributed by atoms with Crippen LogP contribution in [0.1, 0.15) is 87.0 Å². The number of thiophene rings is 1. The van der Waals surface area contributed by atoms with E-state index >= 15 is 0 Å². The molecule has 9 aromatic rings. The van der Waals surface area contributed by atoms with Gasteiger partial charge in [0, 0.05) is 42.2 Å². The normalized spacial score (nSPS) is 13.1. The summed E-state index contributed by atoms with van der Waals surface area (Å²) in [6.07, 6.45) is 1.89. The van der Waals surface area contributed by atoms with Gasteiger partial charge in [0.05, 0.1) is 24.9 Å². The Morgan fingerprint density at radius 3 is 2.07 bits per heavy atom. The van der Waals surface area contributed by atoms with Gasteiger partial charge in [0.2, 0.25) is 0 Å². The third-order valence-electron chi connectivity index (χ3n) is 11.2. The van der Waals surface area contributed by atoms with Gasteiger partial charge in [-0.2, -0.15) is 11.3 Å². The average Bonchev–Trinajstić information content (AvgIpc) is 3.84. The van der Waals surface area contributed by atoms with Gasteiger partial charge < -0.3 is 9.55 Å². The van der Waals surface area contributed by atoms with Crippen molar-refractivity contribution < 1.29 is 25.6 Å². The van der Waals surface area contributed by atoms with Crippen molar-refractivity contribution >= 4 is 55.8 Å². The van der Waals surface area contributed by atoms with Gasteiger partial charge in [-0.05, 0) is 91.3 Å². The molecule has 0 saturated carbocycles. The zero-order chi connectivity index (χ0) is 45.7. The Labute approximate surface area is 386 Å². The van der Waals surface area contributed by atoms with Crippen molar-refractivity contribution in [3.8, 4) is 39.5 Å². The number of benzene rings is 6. The average molecular weight is 1010 g/mol. The Balaban J connectivity index is 0.000000217. The van der Waals surface area contributed by atoms with Crippen LogP contribution < -0.4 is 5.19 Å². The first-order valence-electron chi connectivity index (χ1n) is 22.9. The van der Waals surface area contributed by atoms with Crippen LogP contribution in [0, 0.1) is 19.0 Å². The molecule has 3 heterocycles. The van der Waals surface area contributed by atoms with Crippen LogP contribution in [0.25, 0.3) is 70.7 Å². The number of nitrogens with zero attached hydrogens (tertiary/aromatic N) is 3. The Morgan fingerprint density at radius 2 is 1.41 bits per heavy atom. The summed E-state index contributed by atoms with van der Waals surface area (Å²) in [7, 11) is -1.61. The minimum atomic E-state index is -2.13. The molecule has 6 aromatic carbocycles. The van der Waals surface area contributed by atoms with Gasteiger partial charge in [-0.1, -0.05) is 151 Å². The molecule has 0 aliphatic heterocycles. The number of hydrogen-bond donors (Lipinski definition) is 0. The topological polar surface area (TPSA) is 30.7 Å². The second-order valence-electron chi connectivity index (χ2n) is 17.5. The minimum Gasteiger partial charge on any atom is -0.333 e. The van der Waals surface area contributed by atoms with E-state index in [9.17, 15) is 0 Å². The number of pyridine rings is 1. The van der Waals surface area contributed by atoms with Crippen LogP contribution in [-0.4, -0.2) is 22.6 Å². The molecule has 0 N–H and O–H groups in total. The van der Waals surface area contributed by atoms with Crippen molar-refractivity contribution in [2.75, 3.05) is 0 Å². The largest absolute Gasteiger partial charge is 0.333 e. The standard InChI is InChI=1S/C37H31N2S.C18H24NSi.Ir/c1-23(2)30-21-26(25-13-6-5-7-14-25)22-31(24(3)4)35(30)39-33-19-10-9-18-32(33)38-37(39)29-17-12-16-28-27-15-8-11-20-34(27)40-36(28)29;1-13(2)16-11-17(15-9-7-14(3)8-10-15)19-12-18(16)20(4,5)6;/h5-16,18-24H,1-4H3;7-9,11-13H,1-6H3;/q2*-1;/i;3D3,13D;. The fourth-order valence-electron chi connectivity index (χ4n) is 8.09. The van der Waals surface area contributed by atoms with Crippen molar-refractivity contribution in [2.24, 2.45) is 0 Å². The number of imidazole rings is 1. The van der Waals surface area contributed by atoms with Gasteiger partial charge in [-0.25, -0.2) is 0 Å². The summed E-state index contributed by atoms with van der Waals surface area (Å²) in [5.74, 6) is 0.893. The predicted octanol–water partition coefficient (Wildman–Crippen LogP) is 15.3. The SMILES string of the molecule is CC(C)c1cc(-c2ccccc2)cc(C(C)C)c1-n1c(-c2[c-]ccc3c2sc2ccccc23)nc2ccccc21.[2H]C([2H])([2H])c1c[c-]c(-c2cc(C([2H])(C)C)c([Si](C)(C)C)cn2)cc1.[Ir]. The molecule has 6 heteroatoms. The summed E-state index contributed by atoms with van der Waals surface area (Å²) in [4.78, 5) is 9.86. The first-order chi connectivity index (χ1) is 30.3. The van der Waals surface area contributed by atoms with E-state index in [1.165, 1.54) is 59.4 Å². The first-order valence-corrected chi connectivity index (χ1v) is 25.2. The Kier molecular flexibility index (Phi) is 11.6. The van der Waals surface area contributed by atoms with Crippen LogP contribution in [-0.2, 0) is 20.1 Å². The molecule has 3 nitrogen and oxygen atoms in total. The van der Waals surface area contributed by atoms with Gasteiger partial charge in [0.25, 0.3) is 0 Å². The number of fused-ring (bicyclic) bond motifs is 4. The zero-order valence-corrected chi connectivity index (χ0v) is 40.7. The van der Waals surface area contributed by atoms with Crippen LogP contribution >= 0.6 is 11.3 Å². The number of hydrogen-bond acceptors (Lipinski definition) is 3. The van der Waals surface area contributed by atoms with Crippen molar-refractivity contribution in [1.82, 2.24) is 14.5 Å². The molecule has 311 valence electrons. The molecule has 9 rings (SSSR count). The van der Waals surface area contributed by atoms with Gasteiger partial charge >= 0.3 is 0 Å². The van der Waals surface area contributed by atoms with Crippen molar-refractivity contribution in [3.63, 3.8) is 0 Å². The van der Waals surface area contributed by atoms with E-state index < -0.39 is 20.8 Å². The Hall–Kier alpha value is -4.97. The predicted molar refractivity (Wildman–Crippen MR) is 262 cm³/mol. The molecule has 0 atom stereocenters. The number of aromatic nitrogens is 3. The number of para-hydroxylation sites is 2. The summed E-state index contributed by atoms with van der Waals surface area (Å²) >= 11 is 1.83. The zero-order valence-electron chi connectivity index (χ0n) is 40.4. The van der Waals surface area contributed by atoms with E-state index in [0.29, 0.717) is 11.8 Å². The van der Waals surface area contributed by atoms with Gasteiger partial charge in [-0.3, -0.25) is 4.98 Å². The molecule has 1 radical (unpaired) electrons. The molecule has 0 aliphatic carbocycles. The maximum Gasteiger partial charge on any atom is 0.0799 e. The molecule has 0 saturated heterocycles. The fourth-order valence-corrected chi connectivity index (χ4v) is 10.9. The van der Waals surface area contributed by atoms with Crippen LogP contribution in [0.15, 0.2) is 134 Å². The summed E-state index contributed by atoms with van der Waals surface area (Å²) < 4.78 is 35.7. The van der Waals surface area contributed by atoms with Crippen molar-refractivity contribution in [2.45, 2.75) is 85.8 Å². The number of aryl methyl sites for hydroxylation is 1. The van der Waals surface area contributed by atoms with E-state index in [0.717, 1.165) is 39.2 Å². The van der Waals surface area contributed by atoms with E-state index in [-0.39, 0.29) is 25.7 Å². The summed E-state index contributed by atoms with van der Waals surface area (Å²) in [6, 6.07) is 50.4. The molecular weight excluding hydrogens is 955 g/mol. The van der Waals surface area contributed by atoms with E-state index in [2.05, 4.69) is 172 Å². The first kappa shape index (κ1) is 38.9. The molecule has 0 spiro atoms. The molecule has 0 fully saturated rings. The quantitative estimate of drug-likeness (QED) is 0.112. The smallest absolute Gasteiger partial charge is 0.0799 e. The Morgan fingerprint density at radius 1 is 0.721 bits per heavy atom. The molecule has 0 aliphatic rings. The molecule has 0 amide bonds. The summed E-state index contributed by atoms with van der Waals surface area (Å²) in [5.41, 5.74) is 12.3. The fraction of sp³-hybridized carbons (Fsp3) is 0.236. The molecule has 61 heavy (non-hydrogen) atoms. The van der Waals surface area contributed by atoms with Crippen LogP contribution in [0.5, 0.6) is 0 Å². The number of rotatable bonds is 8. The van der Waals surface area contributed by atoms with E-state index in [1.54, 1.807) is 12.1 Å². The molecular formula is C55H55IrN3SSi-2. The summed E-state index contributed by atoms with van der Waals surface area (Å²) in [5, 5.41) is 3.74. The molecule has 0 unspecified atom stereocenters. The van der Waals surface area contributed by atoms with Gasteiger partial charge in [0.15, 0.2) is 0 Å². The molecule has 3 aromatic heterocycles. The maximum atomic E-state index is 8.48. The second-order valence-corrected chi connectivity index (χ2v) is 23.6. The van der Waals surface area contributed by atoms with E-state index in [1.807, 2.05) is 37.4 Å². The third kappa shape index (κ3) is 8.88. The molecule has 0 bridgehead atoms. The van der Waals surface area contributed by atoms with Gasteiger partial charge in [-0.15, -0.1) is 53.6 Å². The monoisotopic (exact) mass is 1010 g/mol. The van der Waals surface area contributed by atoms with Crippen LogP contribution in [0.4, 0.5) is 0 Å². The third-order valence-corrected chi connectivity index (χ3v) is 14.4. The van der Waals surface area contributed by atoms with Crippen molar-refractivity contribution in [3.05, 3.63) is 168 Å².